The van der Waals surface area contributed by atoms with E-state index in [2.05, 4.69) is 0 Å². The molecular formula is C17H29NO5. The second kappa shape index (κ2) is 7.32. The van der Waals surface area contributed by atoms with Gasteiger partial charge in [-0.05, 0) is 40.0 Å². The van der Waals surface area contributed by atoms with E-state index in [9.17, 15) is 14.4 Å². The predicted molar refractivity (Wildman–Crippen MR) is 85.8 cm³/mol. The maximum absolute atomic E-state index is 13.0. The summed E-state index contributed by atoms with van der Waals surface area (Å²) in [6.07, 6.45) is 2.44. The van der Waals surface area contributed by atoms with Crippen molar-refractivity contribution in [3.8, 4) is 0 Å². The van der Waals surface area contributed by atoms with Crippen LogP contribution in [0.5, 0.6) is 0 Å². The first-order chi connectivity index (χ1) is 10.6. The average molecular weight is 327 g/mol. The van der Waals surface area contributed by atoms with Crippen LogP contribution < -0.4 is 0 Å². The third kappa shape index (κ3) is 4.24. The fraction of sp³-hybridized carbons (Fsp3) is 0.824. The van der Waals surface area contributed by atoms with E-state index < -0.39 is 29.1 Å². The number of hydrogen-bond acceptors (Lipinski definition) is 5. The molecule has 0 bridgehead atoms. The highest BCUT2D eigenvalue weighted by molar-refractivity contribution is 6.02. The van der Waals surface area contributed by atoms with Gasteiger partial charge in [0, 0.05) is 0 Å². The number of imide groups is 1. The zero-order valence-corrected chi connectivity index (χ0v) is 15.1. The number of esters is 1. The highest BCUT2D eigenvalue weighted by Gasteiger charge is 2.56. The summed E-state index contributed by atoms with van der Waals surface area (Å²) in [6, 6.07) is -0.902. The Balaban J connectivity index is 3.19. The summed E-state index contributed by atoms with van der Waals surface area (Å²) in [4.78, 5) is 38.5. The Morgan fingerprint density at radius 3 is 2.13 bits per heavy atom. The van der Waals surface area contributed by atoms with E-state index in [4.69, 9.17) is 9.47 Å². The summed E-state index contributed by atoms with van der Waals surface area (Å²) in [6.45, 7) is 9.17. The SMILES string of the molecule is CCCC1(CCC)C[C@@H](C(=O)OC)N(C(=O)OC(C)(C)C)C1=O. The monoisotopic (exact) mass is 327 g/mol. The van der Waals surface area contributed by atoms with Crippen LogP contribution in [0.15, 0.2) is 0 Å². The van der Waals surface area contributed by atoms with Gasteiger partial charge in [-0.2, -0.15) is 0 Å². The van der Waals surface area contributed by atoms with Crippen LogP contribution in [0.3, 0.4) is 0 Å². The van der Waals surface area contributed by atoms with E-state index in [1.54, 1.807) is 20.8 Å². The minimum atomic E-state index is -0.902. The molecule has 6 nitrogen and oxygen atoms in total. The molecule has 0 aromatic carbocycles. The molecule has 0 aliphatic carbocycles. The fourth-order valence-electron chi connectivity index (χ4n) is 3.29. The van der Waals surface area contributed by atoms with Crippen molar-refractivity contribution in [2.24, 2.45) is 5.41 Å². The lowest BCUT2D eigenvalue weighted by atomic mass is 9.77. The van der Waals surface area contributed by atoms with Crippen molar-refractivity contribution in [1.29, 1.82) is 0 Å². The molecule has 0 aromatic heterocycles. The number of ether oxygens (including phenoxy) is 2. The Kier molecular flexibility index (Phi) is 6.19. The van der Waals surface area contributed by atoms with Crippen molar-refractivity contribution in [3.05, 3.63) is 0 Å². The number of rotatable bonds is 5. The highest BCUT2D eigenvalue weighted by Crippen LogP contribution is 2.44. The molecule has 23 heavy (non-hydrogen) atoms. The summed E-state index contributed by atoms with van der Waals surface area (Å²) in [7, 11) is 1.26. The summed E-state index contributed by atoms with van der Waals surface area (Å²) >= 11 is 0. The van der Waals surface area contributed by atoms with Crippen LogP contribution in [0, 0.1) is 5.41 Å². The minimum absolute atomic E-state index is 0.305. The van der Waals surface area contributed by atoms with Gasteiger partial charge in [0.2, 0.25) is 5.91 Å². The largest absolute Gasteiger partial charge is 0.467 e. The molecule has 0 aromatic rings. The van der Waals surface area contributed by atoms with Gasteiger partial charge in [0.15, 0.2) is 0 Å². The Morgan fingerprint density at radius 1 is 1.22 bits per heavy atom. The molecule has 0 unspecified atom stereocenters. The molecule has 132 valence electrons. The van der Waals surface area contributed by atoms with Gasteiger partial charge in [0.25, 0.3) is 0 Å². The van der Waals surface area contributed by atoms with Crippen LogP contribution in [0.4, 0.5) is 4.79 Å². The van der Waals surface area contributed by atoms with Crippen molar-refractivity contribution in [3.63, 3.8) is 0 Å². The lowest BCUT2D eigenvalue weighted by molar-refractivity contribution is -0.149. The van der Waals surface area contributed by atoms with Crippen LogP contribution in [-0.4, -0.2) is 41.6 Å². The van der Waals surface area contributed by atoms with Gasteiger partial charge in [0.05, 0.1) is 12.5 Å². The number of hydrogen-bond donors (Lipinski definition) is 0. The topological polar surface area (TPSA) is 72.9 Å². The van der Waals surface area contributed by atoms with Crippen molar-refractivity contribution >= 4 is 18.0 Å². The van der Waals surface area contributed by atoms with Crippen LogP contribution in [0.1, 0.15) is 66.7 Å². The first-order valence-corrected chi connectivity index (χ1v) is 8.26. The molecule has 1 heterocycles. The molecule has 0 N–H and O–H groups in total. The van der Waals surface area contributed by atoms with Crippen molar-refractivity contribution in [1.82, 2.24) is 4.90 Å². The van der Waals surface area contributed by atoms with Crippen LogP contribution >= 0.6 is 0 Å². The molecule has 1 rings (SSSR count). The Hall–Kier alpha value is -1.59. The number of nitrogens with zero attached hydrogens (tertiary/aromatic N) is 1. The third-order valence-electron chi connectivity index (χ3n) is 4.09. The molecule has 1 aliphatic rings. The maximum Gasteiger partial charge on any atom is 0.417 e. The molecule has 1 fully saturated rings. The second-order valence-corrected chi connectivity index (χ2v) is 7.18. The smallest absolute Gasteiger partial charge is 0.417 e. The normalized spacial score (nSPS) is 20.5. The van der Waals surface area contributed by atoms with Gasteiger partial charge >= 0.3 is 12.1 Å². The molecule has 0 spiro atoms. The van der Waals surface area contributed by atoms with Gasteiger partial charge in [-0.25, -0.2) is 14.5 Å². The molecule has 1 saturated heterocycles. The van der Waals surface area contributed by atoms with Gasteiger partial charge in [-0.3, -0.25) is 4.79 Å². The molecular weight excluding hydrogens is 298 g/mol. The lowest BCUT2D eigenvalue weighted by Gasteiger charge is -2.28. The second-order valence-electron chi connectivity index (χ2n) is 7.18. The van der Waals surface area contributed by atoms with Crippen LogP contribution in [0.2, 0.25) is 0 Å². The quantitative estimate of drug-likeness (QED) is 0.725. The molecule has 0 radical (unpaired) electrons. The Labute approximate surface area is 138 Å². The summed E-state index contributed by atoms with van der Waals surface area (Å²) in [5, 5.41) is 0. The third-order valence-corrected chi connectivity index (χ3v) is 4.09. The fourth-order valence-corrected chi connectivity index (χ4v) is 3.29. The Morgan fingerprint density at radius 2 is 1.74 bits per heavy atom. The summed E-state index contributed by atoms with van der Waals surface area (Å²) in [5.41, 5.74) is -1.42. The highest BCUT2D eigenvalue weighted by atomic mass is 16.6. The lowest BCUT2D eigenvalue weighted by Crippen LogP contribution is -2.47. The summed E-state index contributed by atoms with van der Waals surface area (Å²) < 4.78 is 10.1. The number of amides is 2. The van der Waals surface area contributed by atoms with Crippen molar-refractivity contribution < 1.29 is 23.9 Å². The van der Waals surface area contributed by atoms with Gasteiger partial charge in [-0.1, -0.05) is 26.7 Å². The molecule has 0 saturated carbocycles. The first-order valence-electron chi connectivity index (χ1n) is 8.26. The Bertz CT molecular complexity index is 460. The van der Waals surface area contributed by atoms with Gasteiger partial charge in [0.1, 0.15) is 11.6 Å². The average Bonchev–Trinajstić information content (AvgIpc) is 2.71. The van der Waals surface area contributed by atoms with Crippen LogP contribution in [0.25, 0.3) is 0 Å². The van der Waals surface area contributed by atoms with E-state index >= 15 is 0 Å². The number of carbonyl (C=O) groups excluding carboxylic acids is 3. The zero-order chi connectivity index (χ0) is 17.8. The van der Waals surface area contributed by atoms with Gasteiger partial charge in [-0.15, -0.1) is 0 Å². The maximum atomic E-state index is 13.0. The van der Waals surface area contributed by atoms with E-state index in [-0.39, 0.29) is 5.91 Å². The minimum Gasteiger partial charge on any atom is -0.467 e. The summed E-state index contributed by atoms with van der Waals surface area (Å²) in [5.74, 6) is -0.885. The first kappa shape index (κ1) is 19.5. The van der Waals surface area contributed by atoms with Gasteiger partial charge < -0.3 is 9.47 Å². The van der Waals surface area contributed by atoms with E-state index in [1.807, 2.05) is 13.8 Å². The molecule has 6 heteroatoms. The number of methoxy groups -OCH3 is 1. The van der Waals surface area contributed by atoms with E-state index in [1.165, 1.54) is 7.11 Å². The molecule has 1 atom stereocenters. The van der Waals surface area contributed by atoms with Crippen molar-refractivity contribution in [2.45, 2.75) is 78.4 Å². The van der Waals surface area contributed by atoms with E-state index in [0.29, 0.717) is 19.3 Å². The molecule has 2 amide bonds. The number of likely N-dealkylation sites (tertiary alicyclic amines) is 1. The zero-order valence-electron chi connectivity index (χ0n) is 15.1. The van der Waals surface area contributed by atoms with E-state index in [0.717, 1.165) is 17.7 Å². The standard InChI is InChI=1S/C17H29NO5/c1-7-9-17(10-8-2)11-12(13(19)22-6)18(14(17)20)15(21)23-16(3,4)5/h12H,7-11H2,1-6H3/t12-/m0/s1. The van der Waals surface area contributed by atoms with Crippen LogP contribution in [-0.2, 0) is 19.1 Å². The predicted octanol–water partition coefficient (Wildman–Crippen LogP) is 3.28. The van der Waals surface area contributed by atoms with Crippen molar-refractivity contribution in [2.75, 3.05) is 7.11 Å². The number of carbonyl (C=O) groups is 3. The molecule has 1 aliphatic heterocycles.